The summed E-state index contributed by atoms with van der Waals surface area (Å²) >= 11 is 0. The van der Waals surface area contributed by atoms with Gasteiger partial charge in [-0.25, -0.2) is 5.57 Å². The van der Waals surface area contributed by atoms with Crippen LogP contribution < -0.4 is 37.2 Å². The van der Waals surface area contributed by atoms with Crippen LogP contribution in [0.2, 0.25) is 0 Å². The minimum absolute atomic E-state index is 0. The van der Waals surface area contributed by atoms with Crippen molar-refractivity contribution in [1.82, 2.24) is 0 Å². The summed E-state index contributed by atoms with van der Waals surface area (Å²) in [4.78, 5) is 0. The Kier molecular flexibility index (Phi) is 13.0. The maximum atomic E-state index is 3.66. The van der Waals surface area contributed by atoms with E-state index in [1.54, 1.807) is 0 Å². The van der Waals surface area contributed by atoms with Crippen molar-refractivity contribution >= 4 is 0 Å². The predicted octanol–water partition coefficient (Wildman–Crippen LogP) is -0.649. The first-order valence-electron chi connectivity index (χ1n) is 11.7. The molecule has 0 nitrogen and oxygen atoms in total. The molecule has 0 radical (unpaired) electrons. The van der Waals surface area contributed by atoms with E-state index in [0.717, 1.165) is 6.42 Å². The molecule has 3 aromatic carbocycles. The van der Waals surface area contributed by atoms with Crippen molar-refractivity contribution in [2.45, 2.75) is 67.2 Å². The van der Waals surface area contributed by atoms with Crippen LogP contribution in [0.4, 0.5) is 0 Å². The average Bonchev–Trinajstić information content (AvgIpc) is 3.00. The third kappa shape index (κ3) is 6.40. The summed E-state index contributed by atoms with van der Waals surface area (Å²) in [5.41, 5.74) is 15.7. The molecule has 0 amide bonds. The number of benzene rings is 3. The molecule has 0 unspecified atom stereocenters. The first-order chi connectivity index (χ1) is 15.1. The normalized spacial score (nSPS) is 12.6. The van der Waals surface area contributed by atoms with Gasteiger partial charge in [0.1, 0.15) is 0 Å². The second-order valence-electron chi connectivity index (χ2n) is 9.96. The molecule has 0 aromatic heterocycles. The van der Waals surface area contributed by atoms with E-state index in [1.165, 1.54) is 66.8 Å². The Bertz CT molecular complexity index is 1100. The van der Waals surface area contributed by atoms with Gasteiger partial charge in [-0.15, -0.1) is 18.9 Å². The van der Waals surface area contributed by atoms with E-state index in [-0.39, 0.29) is 64.4 Å². The predicted molar refractivity (Wildman–Crippen MR) is 137 cm³/mol. The van der Waals surface area contributed by atoms with Crippen LogP contribution in [0.1, 0.15) is 70.3 Å². The van der Waals surface area contributed by atoms with Crippen molar-refractivity contribution in [3.8, 4) is 0 Å². The zero-order valence-corrected chi connectivity index (χ0v) is 26.4. The quantitative estimate of drug-likeness (QED) is 0.221. The number of aryl methyl sites for hydroxylation is 6. The topological polar surface area (TPSA) is 0 Å². The summed E-state index contributed by atoms with van der Waals surface area (Å²) in [6, 6.07) is 21.2. The molecule has 1 aliphatic rings. The van der Waals surface area contributed by atoms with Gasteiger partial charge in [0.05, 0.1) is 0 Å². The van der Waals surface area contributed by atoms with E-state index in [4.69, 9.17) is 0 Å². The number of halogens is 3. The molecule has 0 aliphatic heterocycles. The van der Waals surface area contributed by atoms with E-state index >= 15 is 0 Å². The molecular formula is C32H35Cl3Ti. The zero-order valence-electron chi connectivity index (χ0n) is 22.5. The molecule has 36 heavy (non-hydrogen) atoms. The van der Waals surface area contributed by atoms with Crippen molar-refractivity contribution in [3.63, 3.8) is 0 Å². The van der Waals surface area contributed by atoms with Crippen molar-refractivity contribution < 1.29 is 58.9 Å². The van der Waals surface area contributed by atoms with E-state index in [2.05, 4.69) is 116 Å². The van der Waals surface area contributed by atoms with Gasteiger partial charge >= 0.3 is 21.7 Å². The fourth-order valence-corrected chi connectivity index (χ4v) is 5.72. The van der Waals surface area contributed by atoms with Crippen LogP contribution in [-0.2, 0) is 27.1 Å². The van der Waals surface area contributed by atoms with Crippen molar-refractivity contribution in [1.29, 1.82) is 0 Å². The molecule has 0 saturated carbocycles. The minimum atomic E-state index is -0.348. The van der Waals surface area contributed by atoms with Gasteiger partial charge in [0.2, 0.25) is 0 Å². The molecule has 0 N–H and O–H groups in total. The third-order valence-electron chi connectivity index (χ3n) is 6.96. The van der Waals surface area contributed by atoms with Crippen LogP contribution in [0.15, 0.2) is 71.3 Å². The Labute approximate surface area is 252 Å². The largest absolute Gasteiger partial charge is 4.00 e. The molecule has 0 heterocycles. The molecular weight excluding hydrogens is 539 g/mol. The molecule has 188 valence electrons. The van der Waals surface area contributed by atoms with Gasteiger partial charge in [-0.3, -0.25) is 6.08 Å². The standard InChI is InChI=1S/C32H35.3ClH.Ti/c1-20-11-21(2)15-28(14-20)32(31-10-9-26(7)27(31)8,29-16-22(3)12-23(4)17-29)30-18-24(5)13-25(6)19-30;;;;/h11-19H,10H2,1-8H3;3*1H;/q-1;;;;+4/p-3. The molecule has 0 saturated heterocycles. The van der Waals surface area contributed by atoms with Gasteiger partial charge in [0, 0.05) is 5.41 Å². The van der Waals surface area contributed by atoms with Crippen LogP contribution >= 0.6 is 0 Å². The third-order valence-corrected chi connectivity index (χ3v) is 6.96. The number of allylic oxidation sites excluding steroid dienone is 4. The molecule has 0 bridgehead atoms. The Balaban J connectivity index is 0.00000306. The number of rotatable bonds is 4. The van der Waals surface area contributed by atoms with Gasteiger partial charge < -0.3 is 37.2 Å². The molecule has 1 aliphatic carbocycles. The van der Waals surface area contributed by atoms with Crippen molar-refractivity contribution in [2.75, 3.05) is 0 Å². The van der Waals surface area contributed by atoms with Gasteiger partial charge in [-0.2, -0.15) is 5.57 Å². The van der Waals surface area contributed by atoms with Crippen molar-refractivity contribution in [3.05, 3.63) is 127 Å². The summed E-state index contributed by atoms with van der Waals surface area (Å²) in [5.74, 6) is 0. The maximum absolute atomic E-state index is 3.66. The van der Waals surface area contributed by atoms with Crippen LogP contribution in [-0.4, -0.2) is 0 Å². The summed E-state index contributed by atoms with van der Waals surface area (Å²) < 4.78 is 0. The Morgan fingerprint density at radius 2 is 0.778 bits per heavy atom. The molecule has 3 aromatic rings. The van der Waals surface area contributed by atoms with E-state index in [9.17, 15) is 0 Å². The fraction of sp³-hybridized carbons (Fsp3) is 0.312. The van der Waals surface area contributed by atoms with Gasteiger partial charge in [0.15, 0.2) is 0 Å². The average molecular weight is 574 g/mol. The van der Waals surface area contributed by atoms with Gasteiger partial charge in [0.25, 0.3) is 0 Å². The summed E-state index contributed by atoms with van der Waals surface area (Å²) in [6.07, 6.45) is 4.53. The Morgan fingerprint density at radius 3 is 1.00 bits per heavy atom. The van der Waals surface area contributed by atoms with Crippen LogP contribution in [0.25, 0.3) is 0 Å². The zero-order chi connectivity index (χ0) is 23.2. The van der Waals surface area contributed by atoms with E-state index in [0.29, 0.717) is 0 Å². The van der Waals surface area contributed by atoms with Gasteiger partial charge in [-0.1, -0.05) is 94.9 Å². The summed E-state index contributed by atoms with van der Waals surface area (Å²) in [7, 11) is 0. The molecule has 0 spiro atoms. The fourth-order valence-electron chi connectivity index (χ4n) is 5.72. The molecule has 0 fully saturated rings. The van der Waals surface area contributed by atoms with Crippen LogP contribution in [0.3, 0.4) is 0 Å². The smallest absolute Gasteiger partial charge is 1.00 e. The second kappa shape index (κ2) is 13.5. The SMILES string of the molecule is CC1=[C-]CC(C(c2cc(C)cc(C)c2)(c2cc(C)cc(C)c2)c2cc(C)cc(C)c2)=C1C.[Cl-].[Cl-].[Cl-].[Ti+4]. The molecule has 0 atom stereocenters. The van der Waals surface area contributed by atoms with Crippen LogP contribution in [0, 0.1) is 47.6 Å². The first kappa shape index (κ1) is 34.7. The summed E-state index contributed by atoms with van der Waals surface area (Å²) in [6.45, 7) is 17.8. The monoisotopic (exact) mass is 572 g/mol. The van der Waals surface area contributed by atoms with E-state index in [1.807, 2.05) is 0 Å². The molecule has 4 heteroatoms. The first-order valence-corrected chi connectivity index (χ1v) is 11.7. The van der Waals surface area contributed by atoms with E-state index < -0.39 is 0 Å². The maximum Gasteiger partial charge on any atom is 4.00 e. The Morgan fingerprint density at radius 1 is 0.500 bits per heavy atom. The number of hydrogen-bond donors (Lipinski definition) is 0. The summed E-state index contributed by atoms with van der Waals surface area (Å²) in [5, 5.41) is 0. The minimum Gasteiger partial charge on any atom is -1.00 e. The van der Waals surface area contributed by atoms with Crippen LogP contribution in [0.5, 0.6) is 0 Å². The van der Waals surface area contributed by atoms with Crippen molar-refractivity contribution in [2.24, 2.45) is 0 Å². The second-order valence-corrected chi connectivity index (χ2v) is 9.96. The molecule has 4 rings (SSSR count). The Hall–Kier alpha value is -1.28. The number of hydrogen-bond acceptors (Lipinski definition) is 0. The van der Waals surface area contributed by atoms with Gasteiger partial charge in [-0.05, 0) is 58.2 Å².